The molecule has 0 bridgehead atoms. The van der Waals surface area contributed by atoms with Gasteiger partial charge in [-0.05, 0) is 6.07 Å². The summed E-state index contributed by atoms with van der Waals surface area (Å²) in [6.07, 6.45) is -2.60. The molecule has 70 valence electrons. The van der Waals surface area contributed by atoms with Gasteiger partial charge in [0.05, 0.1) is 5.02 Å². The molecule has 0 N–H and O–H groups in total. The molecule has 2 nitrogen and oxygen atoms in total. The number of fused-ring (bicyclic) bond motifs is 1. The van der Waals surface area contributed by atoms with Crippen LogP contribution in [-0.2, 0) is 0 Å². The molecule has 0 fully saturated rings. The summed E-state index contributed by atoms with van der Waals surface area (Å²) >= 11 is 5.59. The highest BCUT2D eigenvalue weighted by molar-refractivity contribution is 6.31. The number of benzene rings is 1. The van der Waals surface area contributed by atoms with Gasteiger partial charge in [-0.3, -0.25) is 0 Å². The van der Waals surface area contributed by atoms with Crippen LogP contribution in [0.2, 0.25) is 5.02 Å². The molecule has 0 spiro atoms. The summed E-state index contributed by atoms with van der Waals surface area (Å²) < 4.78 is 34.5. The van der Waals surface area contributed by atoms with Crippen LogP contribution in [0.4, 0.5) is 8.78 Å². The Hall–Kier alpha value is -1.03. The summed E-state index contributed by atoms with van der Waals surface area (Å²) in [5.41, 5.74) is -0.231. The molecular formula is C8H5ClF2O2. The van der Waals surface area contributed by atoms with Gasteiger partial charge in [0.2, 0.25) is 6.79 Å². The van der Waals surface area contributed by atoms with Crippen LogP contribution in [0.5, 0.6) is 11.5 Å². The first-order valence-electron chi connectivity index (χ1n) is 3.55. The average molecular weight is 207 g/mol. The lowest BCUT2D eigenvalue weighted by Gasteiger charge is -2.03. The van der Waals surface area contributed by atoms with Crippen molar-refractivity contribution >= 4 is 11.6 Å². The quantitative estimate of drug-likeness (QED) is 0.703. The summed E-state index contributed by atoms with van der Waals surface area (Å²) in [5, 5.41) is -0.000694. The van der Waals surface area contributed by atoms with Crippen LogP contribution in [0.15, 0.2) is 12.1 Å². The summed E-state index contributed by atoms with van der Waals surface area (Å²) in [7, 11) is 0. The summed E-state index contributed by atoms with van der Waals surface area (Å²) in [6, 6.07) is 2.54. The van der Waals surface area contributed by atoms with Crippen molar-refractivity contribution in [3.8, 4) is 11.5 Å². The Kier molecular flexibility index (Phi) is 2.00. The van der Waals surface area contributed by atoms with Crippen molar-refractivity contribution in [2.45, 2.75) is 6.43 Å². The second-order valence-electron chi connectivity index (χ2n) is 2.53. The minimum atomic E-state index is -2.60. The molecule has 0 saturated carbocycles. The maximum Gasteiger partial charge on any atom is 0.265 e. The largest absolute Gasteiger partial charge is 0.454 e. The average Bonchev–Trinajstić information content (AvgIpc) is 2.48. The van der Waals surface area contributed by atoms with Crippen molar-refractivity contribution in [1.29, 1.82) is 0 Å². The third kappa shape index (κ3) is 1.42. The molecule has 2 rings (SSSR count). The van der Waals surface area contributed by atoms with Crippen LogP contribution < -0.4 is 9.47 Å². The van der Waals surface area contributed by atoms with Gasteiger partial charge in [0, 0.05) is 11.6 Å². The minimum Gasteiger partial charge on any atom is -0.454 e. The molecule has 1 aromatic carbocycles. The maximum atomic E-state index is 12.3. The van der Waals surface area contributed by atoms with Crippen LogP contribution in [-0.4, -0.2) is 6.79 Å². The standard InChI is InChI=1S/C8H5ClF2O2/c9-5-2-7-6(12-3-13-7)1-4(5)8(10)11/h1-2,8H,3H2. The highest BCUT2D eigenvalue weighted by Gasteiger charge is 2.20. The Morgan fingerprint density at radius 3 is 2.46 bits per heavy atom. The molecule has 0 aromatic heterocycles. The van der Waals surface area contributed by atoms with Crippen molar-refractivity contribution in [3.05, 3.63) is 22.7 Å². The van der Waals surface area contributed by atoms with Crippen LogP contribution in [0.1, 0.15) is 12.0 Å². The zero-order chi connectivity index (χ0) is 9.42. The molecule has 1 aromatic rings. The van der Waals surface area contributed by atoms with Gasteiger partial charge in [-0.15, -0.1) is 0 Å². The Labute approximate surface area is 78.0 Å². The second kappa shape index (κ2) is 3.03. The van der Waals surface area contributed by atoms with E-state index >= 15 is 0 Å². The normalized spacial score (nSPS) is 13.8. The highest BCUT2D eigenvalue weighted by atomic mass is 35.5. The van der Waals surface area contributed by atoms with Crippen LogP contribution in [0.3, 0.4) is 0 Å². The zero-order valence-electron chi connectivity index (χ0n) is 6.39. The van der Waals surface area contributed by atoms with E-state index in [1.54, 1.807) is 0 Å². The third-order valence-electron chi connectivity index (χ3n) is 1.73. The van der Waals surface area contributed by atoms with Crippen LogP contribution >= 0.6 is 11.6 Å². The minimum absolute atomic E-state index is 0.000694. The molecule has 1 heterocycles. The van der Waals surface area contributed by atoms with Crippen molar-refractivity contribution in [2.24, 2.45) is 0 Å². The number of hydrogen-bond acceptors (Lipinski definition) is 2. The molecule has 0 unspecified atom stereocenters. The molecule has 0 saturated heterocycles. The fourth-order valence-electron chi connectivity index (χ4n) is 1.10. The van der Waals surface area contributed by atoms with Gasteiger partial charge in [-0.25, -0.2) is 8.78 Å². The predicted molar refractivity (Wildman–Crippen MR) is 42.5 cm³/mol. The first-order chi connectivity index (χ1) is 6.18. The monoisotopic (exact) mass is 206 g/mol. The Balaban J connectivity index is 2.49. The first-order valence-corrected chi connectivity index (χ1v) is 3.93. The molecule has 1 aliphatic rings. The Bertz CT molecular complexity index is 341. The highest BCUT2D eigenvalue weighted by Crippen LogP contribution is 2.39. The molecule has 0 atom stereocenters. The summed E-state index contributed by atoms with van der Waals surface area (Å²) in [4.78, 5) is 0. The Morgan fingerprint density at radius 1 is 1.23 bits per heavy atom. The topological polar surface area (TPSA) is 18.5 Å². The molecule has 0 radical (unpaired) electrons. The van der Waals surface area contributed by atoms with Crippen molar-refractivity contribution in [3.63, 3.8) is 0 Å². The van der Waals surface area contributed by atoms with E-state index in [1.165, 1.54) is 12.1 Å². The summed E-state index contributed by atoms with van der Waals surface area (Å²) in [5.74, 6) is 0.731. The fourth-order valence-corrected chi connectivity index (χ4v) is 1.34. The van der Waals surface area contributed by atoms with E-state index in [1.807, 2.05) is 0 Å². The first kappa shape index (κ1) is 8.56. The predicted octanol–water partition coefficient (Wildman–Crippen LogP) is 3.01. The van der Waals surface area contributed by atoms with Gasteiger partial charge in [0.15, 0.2) is 11.5 Å². The van der Waals surface area contributed by atoms with Crippen molar-refractivity contribution in [1.82, 2.24) is 0 Å². The molecule has 5 heteroatoms. The SMILES string of the molecule is FC(F)c1cc2c(cc1Cl)OCO2. The van der Waals surface area contributed by atoms with Crippen molar-refractivity contribution in [2.75, 3.05) is 6.79 Å². The Morgan fingerprint density at radius 2 is 1.85 bits per heavy atom. The lowest BCUT2D eigenvalue weighted by atomic mass is 10.2. The van der Waals surface area contributed by atoms with Gasteiger partial charge < -0.3 is 9.47 Å². The molecular weight excluding hydrogens is 202 g/mol. The number of rotatable bonds is 1. The van der Waals surface area contributed by atoms with Gasteiger partial charge in [-0.1, -0.05) is 11.6 Å². The van der Waals surface area contributed by atoms with Gasteiger partial charge in [-0.2, -0.15) is 0 Å². The van der Waals surface area contributed by atoms with Crippen LogP contribution in [0.25, 0.3) is 0 Å². The van der Waals surface area contributed by atoms with E-state index in [-0.39, 0.29) is 17.4 Å². The van der Waals surface area contributed by atoms with E-state index in [9.17, 15) is 8.78 Å². The van der Waals surface area contributed by atoms with E-state index in [0.29, 0.717) is 11.5 Å². The zero-order valence-corrected chi connectivity index (χ0v) is 7.15. The van der Waals surface area contributed by atoms with Crippen molar-refractivity contribution < 1.29 is 18.3 Å². The molecule has 13 heavy (non-hydrogen) atoms. The second-order valence-corrected chi connectivity index (χ2v) is 2.93. The fraction of sp³-hybridized carbons (Fsp3) is 0.250. The van der Waals surface area contributed by atoms with E-state index in [4.69, 9.17) is 21.1 Å². The number of ether oxygens (including phenoxy) is 2. The van der Waals surface area contributed by atoms with E-state index < -0.39 is 6.43 Å². The maximum absolute atomic E-state index is 12.3. The lowest BCUT2D eigenvalue weighted by molar-refractivity contribution is 0.150. The number of alkyl halides is 2. The van der Waals surface area contributed by atoms with Gasteiger partial charge >= 0.3 is 0 Å². The summed E-state index contributed by atoms with van der Waals surface area (Å²) in [6.45, 7) is 0.0539. The lowest BCUT2D eigenvalue weighted by Crippen LogP contribution is -1.92. The number of hydrogen-bond donors (Lipinski definition) is 0. The third-order valence-corrected chi connectivity index (χ3v) is 2.05. The smallest absolute Gasteiger partial charge is 0.265 e. The van der Waals surface area contributed by atoms with E-state index in [0.717, 1.165) is 0 Å². The van der Waals surface area contributed by atoms with Gasteiger partial charge in [0.25, 0.3) is 6.43 Å². The molecule has 0 amide bonds. The molecule has 0 aliphatic carbocycles. The van der Waals surface area contributed by atoms with Crippen LogP contribution in [0, 0.1) is 0 Å². The van der Waals surface area contributed by atoms with Gasteiger partial charge in [0.1, 0.15) is 0 Å². The number of halogens is 3. The molecule has 1 aliphatic heterocycles. The van der Waals surface area contributed by atoms with E-state index in [2.05, 4.69) is 0 Å².